The van der Waals surface area contributed by atoms with Crippen molar-refractivity contribution in [1.29, 1.82) is 0 Å². The molecule has 0 saturated carbocycles. The Morgan fingerprint density at radius 3 is 2.57 bits per heavy atom. The number of nitrogens with two attached hydrogens (primary N) is 1. The van der Waals surface area contributed by atoms with E-state index in [2.05, 4.69) is 15.4 Å². The predicted octanol–water partition coefficient (Wildman–Crippen LogP) is 4.74. The molecule has 1 amide bonds. The first kappa shape index (κ1) is 20.8. The van der Waals surface area contributed by atoms with Crippen LogP contribution in [0, 0.1) is 5.82 Å². The van der Waals surface area contributed by atoms with Gasteiger partial charge < -0.3 is 15.5 Å². The topological polar surface area (TPSA) is 99.0 Å². The number of anilines is 2. The van der Waals surface area contributed by atoms with Crippen LogP contribution in [0.5, 0.6) is 0 Å². The van der Waals surface area contributed by atoms with Crippen molar-refractivity contribution in [3.8, 4) is 22.7 Å². The summed E-state index contributed by atoms with van der Waals surface area (Å²) in [5.41, 5.74) is 8.08. The third-order valence-corrected chi connectivity index (χ3v) is 4.21. The van der Waals surface area contributed by atoms with Crippen LogP contribution in [0.15, 0.2) is 65.3 Å². The smallest absolute Gasteiger partial charge is 0.259 e. The maximum absolute atomic E-state index is 13.7. The van der Waals surface area contributed by atoms with Crippen LogP contribution in [-0.4, -0.2) is 20.7 Å². The lowest BCUT2D eigenvalue weighted by atomic mass is 10.1. The lowest BCUT2D eigenvalue weighted by Crippen LogP contribution is -2.15. The SMILES string of the molecule is CC.Cn1nc(-c2ccco2)cc1-c1ccc(NC(=O)c2ccccc2F)nc1N. The second-order valence-corrected chi connectivity index (χ2v) is 6.08. The van der Waals surface area contributed by atoms with E-state index in [0.717, 1.165) is 5.69 Å². The number of pyridine rings is 1. The summed E-state index contributed by atoms with van der Waals surface area (Å²) in [6.45, 7) is 4.00. The summed E-state index contributed by atoms with van der Waals surface area (Å²) in [6, 6.07) is 14.5. The average Bonchev–Trinajstić information content (AvgIpc) is 3.40. The molecule has 30 heavy (non-hydrogen) atoms. The van der Waals surface area contributed by atoms with Crippen LogP contribution in [0.25, 0.3) is 22.7 Å². The van der Waals surface area contributed by atoms with Gasteiger partial charge in [0.15, 0.2) is 5.76 Å². The molecule has 0 aliphatic heterocycles. The Labute approximate surface area is 173 Å². The second kappa shape index (κ2) is 9.04. The Hall–Kier alpha value is -3.94. The van der Waals surface area contributed by atoms with E-state index in [0.29, 0.717) is 17.0 Å². The number of carbonyl (C=O) groups is 1. The van der Waals surface area contributed by atoms with Crippen molar-refractivity contribution in [2.24, 2.45) is 7.05 Å². The van der Waals surface area contributed by atoms with E-state index >= 15 is 0 Å². The van der Waals surface area contributed by atoms with E-state index in [9.17, 15) is 9.18 Å². The number of furan rings is 1. The van der Waals surface area contributed by atoms with E-state index in [1.54, 1.807) is 42.3 Å². The molecule has 0 aliphatic rings. The zero-order chi connectivity index (χ0) is 21.7. The van der Waals surface area contributed by atoms with Gasteiger partial charge in [-0.05, 0) is 42.5 Å². The lowest BCUT2D eigenvalue weighted by molar-refractivity contribution is 0.102. The Bertz CT molecular complexity index is 1150. The molecule has 1 aromatic carbocycles. The number of nitrogen functional groups attached to an aromatic ring is 1. The highest BCUT2D eigenvalue weighted by atomic mass is 19.1. The number of aromatic nitrogens is 3. The molecule has 0 spiro atoms. The Balaban J connectivity index is 0.00000124. The number of hydrogen-bond acceptors (Lipinski definition) is 5. The molecule has 8 heteroatoms. The van der Waals surface area contributed by atoms with Crippen LogP contribution in [0.2, 0.25) is 0 Å². The quantitative estimate of drug-likeness (QED) is 0.509. The van der Waals surface area contributed by atoms with E-state index in [-0.39, 0.29) is 17.2 Å². The highest BCUT2D eigenvalue weighted by Crippen LogP contribution is 2.29. The fourth-order valence-corrected chi connectivity index (χ4v) is 2.85. The van der Waals surface area contributed by atoms with E-state index < -0.39 is 11.7 Å². The van der Waals surface area contributed by atoms with Crippen LogP contribution in [0.1, 0.15) is 24.2 Å². The highest BCUT2D eigenvalue weighted by Gasteiger charge is 2.16. The highest BCUT2D eigenvalue weighted by molar-refractivity contribution is 6.04. The van der Waals surface area contributed by atoms with E-state index in [4.69, 9.17) is 10.2 Å². The molecule has 0 fully saturated rings. The molecular weight excluding hydrogens is 385 g/mol. The number of nitrogens with one attached hydrogen (secondary N) is 1. The monoisotopic (exact) mass is 407 g/mol. The number of aryl methyl sites for hydroxylation is 1. The molecule has 0 atom stereocenters. The fourth-order valence-electron chi connectivity index (χ4n) is 2.85. The minimum Gasteiger partial charge on any atom is -0.463 e. The Morgan fingerprint density at radius 1 is 1.13 bits per heavy atom. The van der Waals surface area contributed by atoms with Crippen molar-refractivity contribution in [2.45, 2.75) is 13.8 Å². The van der Waals surface area contributed by atoms with Crippen LogP contribution >= 0.6 is 0 Å². The first-order chi connectivity index (χ1) is 14.5. The molecular formula is C22H22FN5O2. The third kappa shape index (κ3) is 4.22. The molecule has 154 valence electrons. The van der Waals surface area contributed by atoms with Gasteiger partial charge in [-0.25, -0.2) is 9.37 Å². The van der Waals surface area contributed by atoms with Gasteiger partial charge in [-0.3, -0.25) is 9.48 Å². The van der Waals surface area contributed by atoms with Gasteiger partial charge in [0.2, 0.25) is 0 Å². The van der Waals surface area contributed by atoms with Crippen molar-refractivity contribution < 1.29 is 13.6 Å². The van der Waals surface area contributed by atoms with E-state index in [1.165, 1.54) is 18.2 Å². The van der Waals surface area contributed by atoms with Crippen LogP contribution < -0.4 is 11.1 Å². The van der Waals surface area contributed by atoms with Gasteiger partial charge >= 0.3 is 0 Å². The summed E-state index contributed by atoms with van der Waals surface area (Å²) in [5.74, 6) is -0.131. The van der Waals surface area contributed by atoms with Crippen molar-refractivity contribution in [1.82, 2.24) is 14.8 Å². The summed E-state index contributed by atoms with van der Waals surface area (Å²) in [6.07, 6.45) is 1.58. The second-order valence-electron chi connectivity index (χ2n) is 6.08. The molecule has 0 radical (unpaired) electrons. The standard InChI is InChI=1S/C20H16FN5O2.C2H6/c1-26-16(11-15(25-26)17-7-4-10-28-17)13-8-9-18(23-19(13)22)24-20(27)12-5-2-3-6-14(12)21;1-2/h2-11H,1H3,(H3,22,23,24,27);1-2H3. The molecule has 4 rings (SSSR count). The van der Waals surface area contributed by atoms with Gasteiger partial charge in [-0.1, -0.05) is 26.0 Å². The average molecular weight is 407 g/mol. The van der Waals surface area contributed by atoms with E-state index in [1.807, 2.05) is 26.0 Å². The lowest BCUT2D eigenvalue weighted by Gasteiger charge is -2.09. The molecule has 0 aliphatic carbocycles. The maximum Gasteiger partial charge on any atom is 0.259 e. The summed E-state index contributed by atoms with van der Waals surface area (Å²) in [5, 5.41) is 6.97. The molecule has 7 nitrogen and oxygen atoms in total. The zero-order valence-electron chi connectivity index (χ0n) is 16.9. The first-order valence-electron chi connectivity index (χ1n) is 9.43. The van der Waals surface area contributed by atoms with Crippen molar-refractivity contribution in [3.05, 3.63) is 72.2 Å². The molecule has 0 saturated heterocycles. The molecule has 3 N–H and O–H groups in total. The minimum atomic E-state index is -0.607. The van der Waals surface area contributed by atoms with Crippen molar-refractivity contribution in [2.75, 3.05) is 11.1 Å². The van der Waals surface area contributed by atoms with Gasteiger partial charge in [0.25, 0.3) is 5.91 Å². The summed E-state index contributed by atoms with van der Waals surface area (Å²) in [7, 11) is 1.79. The zero-order valence-corrected chi connectivity index (χ0v) is 16.9. The third-order valence-electron chi connectivity index (χ3n) is 4.21. The number of carbonyl (C=O) groups excluding carboxylic acids is 1. The summed E-state index contributed by atoms with van der Waals surface area (Å²) >= 11 is 0. The number of halogens is 1. The Morgan fingerprint density at radius 2 is 1.90 bits per heavy atom. The van der Waals surface area contributed by atoms with Gasteiger partial charge in [-0.2, -0.15) is 5.10 Å². The number of amides is 1. The number of benzene rings is 1. The van der Waals surface area contributed by atoms with Crippen molar-refractivity contribution in [3.63, 3.8) is 0 Å². The first-order valence-corrected chi connectivity index (χ1v) is 9.43. The van der Waals surface area contributed by atoms with Gasteiger partial charge in [0.1, 0.15) is 23.1 Å². The molecule has 4 aromatic rings. The minimum absolute atomic E-state index is 0.0679. The normalized spacial score (nSPS) is 10.3. The summed E-state index contributed by atoms with van der Waals surface area (Å²) in [4.78, 5) is 16.5. The Kier molecular flexibility index (Phi) is 6.26. The molecule has 3 aromatic heterocycles. The number of rotatable bonds is 4. The molecule has 3 heterocycles. The number of hydrogen-bond donors (Lipinski definition) is 2. The predicted molar refractivity (Wildman–Crippen MR) is 114 cm³/mol. The number of nitrogens with zero attached hydrogens (tertiary/aromatic N) is 3. The van der Waals surface area contributed by atoms with Crippen LogP contribution in [0.3, 0.4) is 0 Å². The fraction of sp³-hybridized carbons (Fsp3) is 0.136. The molecule has 0 unspecified atom stereocenters. The van der Waals surface area contributed by atoms with Crippen LogP contribution in [-0.2, 0) is 7.05 Å². The molecule has 0 bridgehead atoms. The largest absolute Gasteiger partial charge is 0.463 e. The summed E-state index contributed by atoms with van der Waals surface area (Å²) < 4.78 is 20.8. The van der Waals surface area contributed by atoms with Crippen LogP contribution in [0.4, 0.5) is 16.0 Å². The van der Waals surface area contributed by atoms with Gasteiger partial charge in [-0.15, -0.1) is 0 Å². The van der Waals surface area contributed by atoms with Gasteiger partial charge in [0, 0.05) is 12.6 Å². The van der Waals surface area contributed by atoms with Gasteiger partial charge in [0.05, 0.1) is 17.5 Å². The van der Waals surface area contributed by atoms with Crippen molar-refractivity contribution >= 4 is 17.5 Å². The maximum atomic E-state index is 13.7.